The van der Waals surface area contributed by atoms with Crippen molar-refractivity contribution in [3.05, 3.63) is 29.8 Å². The summed E-state index contributed by atoms with van der Waals surface area (Å²) in [4.78, 5) is 11.3. The molecule has 6 nitrogen and oxygen atoms in total. The first-order valence-electron chi connectivity index (χ1n) is 4.84. The van der Waals surface area contributed by atoms with Crippen LogP contribution in [0.2, 0.25) is 0 Å². The minimum Gasteiger partial charge on any atom is -0.462 e. The Bertz CT molecular complexity index is 508. The molecule has 1 aromatic rings. The fourth-order valence-electron chi connectivity index (χ4n) is 1.17. The molecule has 1 N–H and O–H groups in total. The van der Waals surface area contributed by atoms with Crippen molar-refractivity contribution in [3.63, 3.8) is 0 Å². The van der Waals surface area contributed by atoms with Crippen LogP contribution in [0.1, 0.15) is 17.3 Å². The van der Waals surface area contributed by atoms with Crippen LogP contribution < -0.4 is 0 Å². The molecular weight excluding hydrogens is 244 g/mol. The van der Waals surface area contributed by atoms with E-state index < -0.39 is 21.7 Å². The van der Waals surface area contributed by atoms with E-state index in [1.807, 2.05) is 0 Å². The second-order valence-electron chi connectivity index (χ2n) is 3.15. The molecule has 0 amide bonds. The normalized spacial score (nSPS) is 10.9. The lowest BCUT2D eigenvalue weighted by Gasteiger charge is -2.03. The number of ether oxygens (including phenoxy) is 1. The number of hydrogen-bond acceptors (Lipinski definition) is 6. The quantitative estimate of drug-likeness (QED) is 0.639. The van der Waals surface area contributed by atoms with E-state index >= 15 is 0 Å². The summed E-state index contributed by atoms with van der Waals surface area (Å²) in [5, 5.41) is 2.84. The molecule has 0 aliphatic carbocycles. The van der Waals surface area contributed by atoms with Gasteiger partial charge in [0.1, 0.15) is 0 Å². The second-order valence-corrected chi connectivity index (χ2v) is 5.11. The van der Waals surface area contributed by atoms with Crippen molar-refractivity contribution in [1.29, 1.82) is 5.53 Å². The third kappa shape index (κ3) is 3.35. The Kier molecular flexibility index (Phi) is 4.33. The first kappa shape index (κ1) is 13.3. The molecule has 0 unspecified atom stereocenters. The summed E-state index contributed by atoms with van der Waals surface area (Å²) in [6.45, 7) is 1.95. The Morgan fingerprint density at radius 3 is 2.41 bits per heavy atom. The lowest BCUT2D eigenvalue weighted by Crippen LogP contribution is -2.07. The van der Waals surface area contributed by atoms with Crippen LogP contribution in [0, 0.1) is 5.53 Å². The number of hydrogen-bond donors (Lipinski definition) is 1. The maximum absolute atomic E-state index is 11.5. The molecule has 1 aromatic carbocycles. The molecule has 92 valence electrons. The number of carbonyl (C=O) groups excluding carboxylic acids is 1. The van der Waals surface area contributed by atoms with E-state index in [1.54, 1.807) is 6.92 Å². The highest BCUT2D eigenvalue weighted by atomic mass is 32.2. The summed E-state index contributed by atoms with van der Waals surface area (Å²) < 4.78 is 27.8. The minimum absolute atomic E-state index is 0.0292. The van der Waals surface area contributed by atoms with Crippen LogP contribution in [-0.4, -0.2) is 26.9 Å². The topological polar surface area (TPSA) is 96.7 Å². The summed E-state index contributed by atoms with van der Waals surface area (Å²) in [6, 6.07) is 5.34. The average Bonchev–Trinajstić information content (AvgIpc) is 2.29. The molecular formula is C10H12N2O4S. The van der Waals surface area contributed by atoms with Crippen LogP contribution in [0.15, 0.2) is 34.3 Å². The Hall–Kier alpha value is -1.76. The molecule has 1 rings (SSSR count). The molecule has 0 spiro atoms. The molecule has 0 aliphatic rings. The number of nitrogens with one attached hydrogen (secondary N) is 1. The largest absolute Gasteiger partial charge is 0.462 e. The summed E-state index contributed by atoms with van der Waals surface area (Å²) in [5.74, 6) is -1.09. The molecule has 0 saturated carbocycles. The van der Waals surface area contributed by atoms with E-state index in [4.69, 9.17) is 10.3 Å². The van der Waals surface area contributed by atoms with Gasteiger partial charge in [-0.25, -0.2) is 18.7 Å². The summed E-state index contributed by atoms with van der Waals surface area (Å²) in [5.41, 5.74) is 6.83. The van der Waals surface area contributed by atoms with Gasteiger partial charge in [0.25, 0.3) is 0 Å². The molecule has 0 radical (unpaired) electrons. The molecule has 0 fully saturated rings. The van der Waals surface area contributed by atoms with Gasteiger partial charge in [0, 0.05) is 0 Å². The second kappa shape index (κ2) is 5.53. The fourth-order valence-corrected chi connectivity index (χ4v) is 2.04. The molecule has 7 heteroatoms. The van der Waals surface area contributed by atoms with Gasteiger partial charge in [-0.3, -0.25) is 0 Å². The van der Waals surface area contributed by atoms with E-state index in [2.05, 4.69) is 5.11 Å². The van der Waals surface area contributed by atoms with Crippen molar-refractivity contribution in [1.82, 2.24) is 0 Å². The summed E-state index contributed by atoms with van der Waals surface area (Å²) in [6.07, 6.45) is 0. The number of benzene rings is 1. The van der Waals surface area contributed by atoms with Crippen molar-refractivity contribution < 1.29 is 17.9 Å². The number of nitrogens with zero attached hydrogens (tertiary/aromatic N) is 1. The van der Waals surface area contributed by atoms with Crippen molar-refractivity contribution in [2.45, 2.75) is 11.8 Å². The number of sulfone groups is 1. The van der Waals surface area contributed by atoms with E-state index in [0.29, 0.717) is 0 Å². The number of rotatable bonds is 5. The third-order valence-corrected chi connectivity index (χ3v) is 3.42. The average molecular weight is 256 g/mol. The molecule has 17 heavy (non-hydrogen) atoms. The first-order chi connectivity index (χ1) is 8.01. The van der Waals surface area contributed by atoms with Gasteiger partial charge in [0.05, 0.1) is 17.1 Å². The summed E-state index contributed by atoms with van der Waals surface area (Å²) >= 11 is 0. The highest BCUT2D eigenvalue weighted by molar-refractivity contribution is 7.91. The van der Waals surface area contributed by atoms with E-state index in [9.17, 15) is 13.2 Å². The monoisotopic (exact) mass is 256 g/mol. The standard InChI is InChI=1S/C10H12N2O4S/c1-2-16-10(13)8-3-5-9(6-4-8)17(14,15)7-12-11/h3-6,11H,2,7H2,1H3. The highest BCUT2D eigenvalue weighted by Crippen LogP contribution is 2.13. The maximum atomic E-state index is 11.5. The minimum atomic E-state index is -3.57. The zero-order valence-electron chi connectivity index (χ0n) is 9.21. The molecule has 0 bridgehead atoms. The van der Waals surface area contributed by atoms with Crippen molar-refractivity contribution >= 4 is 15.8 Å². The zero-order valence-corrected chi connectivity index (χ0v) is 10.0. The molecule has 0 saturated heterocycles. The maximum Gasteiger partial charge on any atom is 0.338 e. The van der Waals surface area contributed by atoms with Crippen molar-refractivity contribution in [2.24, 2.45) is 5.11 Å². The van der Waals surface area contributed by atoms with Gasteiger partial charge in [-0.15, -0.1) is 0 Å². The molecule has 0 heterocycles. The van der Waals surface area contributed by atoms with Crippen LogP contribution in [0.5, 0.6) is 0 Å². The van der Waals surface area contributed by atoms with Crippen molar-refractivity contribution in [3.8, 4) is 0 Å². The van der Waals surface area contributed by atoms with Gasteiger partial charge >= 0.3 is 5.97 Å². The van der Waals surface area contributed by atoms with Gasteiger partial charge < -0.3 is 4.74 Å². The lowest BCUT2D eigenvalue weighted by atomic mass is 10.2. The van der Waals surface area contributed by atoms with Crippen LogP contribution in [-0.2, 0) is 14.6 Å². The van der Waals surface area contributed by atoms with Gasteiger partial charge in [-0.05, 0) is 31.2 Å². The molecule has 0 aliphatic heterocycles. The van der Waals surface area contributed by atoms with E-state index in [0.717, 1.165) is 0 Å². The zero-order chi connectivity index (χ0) is 12.9. The highest BCUT2D eigenvalue weighted by Gasteiger charge is 2.14. The predicted molar refractivity (Wildman–Crippen MR) is 59.6 cm³/mol. The predicted octanol–water partition coefficient (Wildman–Crippen LogP) is 1.63. The Morgan fingerprint density at radius 2 is 1.94 bits per heavy atom. The van der Waals surface area contributed by atoms with E-state index in [-0.39, 0.29) is 17.1 Å². The van der Waals surface area contributed by atoms with Gasteiger partial charge in [0.15, 0.2) is 15.7 Å². The smallest absolute Gasteiger partial charge is 0.338 e. The van der Waals surface area contributed by atoms with Crippen LogP contribution in [0.3, 0.4) is 0 Å². The fraction of sp³-hybridized carbons (Fsp3) is 0.300. The summed E-state index contributed by atoms with van der Waals surface area (Å²) in [7, 11) is -3.57. The lowest BCUT2D eigenvalue weighted by molar-refractivity contribution is 0.0526. The Labute approximate surface area is 99.0 Å². The number of esters is 1. The Morgan fingerprint density at radius 1 is 1.35 bits per heavy atom. The van der Waals surface area contributed by atoms with Crippen LogP contribution in [0.4, 0.5) is 0 Å². The molecule has 0 aromatic heterocycles. The van der Waals surface area contributed by atoms with Gasteiger partial charge in [-0.2, -0.15) is 5.11 Å². The van der Waals surface area contributed by atoms with Gasteiger partial charge in [0.2, 0.25) is 0 Å². The van der Waals surface area contributed by atoms with Crippen LogP contribution in [0.25, 0.3) is 0 Å². The van der Waals surface area contributed by atoms with Crippen molar-refractivity contribution in [2.75, 3.05) is 12.5 Å². The van der Waals surface area contributed by atoms with E-state index in [1.165, 1.54) is 24.3 Å². The van der Waals surface area contributed by atoms with Gasteiger partial charge in [-0.1, -0.05) is 0 Å². The Balaban J connectivity index is 2.96. The van der Waals surface area contributed by atoms with Crippen LogP contribution >= 0.6 is 0 Å². The SMILES string of the molecule is CCOC(=O)c1ccc(S(=O)(=O)CN=N)cc1. The molecule has 0 atom stereocenters. The first-order valence-corrected chi connectivity index (χ1v) is 6.49. The number of carbonyl (C=O) groups is 1. The third-order valence-electron chi connectivity index (χ3n) is 1.96.